The van der Waals surface area contributed by atoms with Gasteiger partial charge in [-0.3, -0.25) is 14.9 Å². The maximum Gasteiger partial charge on any atom is 0.227 e. The number of nitrogens with one attached hydrogen (secondary N) is 1. The predicted molar refractivity (Wildman–Crippen MR) is 103 cm³/mol. The number of likely N-dealkylation sites (tertiary alicyclic amines) is 1. The molecule has 27 heavy (non-hydrogen) atoms. The van der Waals surface area contributed by atoms with Crippen LogP contribution in [-0.2, 0) is 17.6 Å². The molecule has 2 aromatic heterocycles. The summed E-state index contributed by atoms with van der Waals surface area (Å²) in [6.45, 7) is 4.80. The molecule has 0 saturated carbocycles. The maximum atomic E-state index is 12.7. The fourth-order valence-corrected chi connectivity index (χ4v) is 3.97. The Morgan fingerprint density at radius 3 is 2.85 bits per heavy atom. The smallest absolute Gasteiger partial charge is 0.227 e. The van der Waals surface area contributed by atoms with E-state index < -0.39 is 6.10 Å². The van der Waals surface area contributed by atoms with Gasteiger partial charge in [-0.2, -0.15) is 5.10 Å². The molecule has 1 aliphatic rings. The fourth-order valence-electron chi connectivity index (χ4n) is 3.97. The van der Waals surface area contributed by atoms with Gasteiger partial charge in [0.05, 0.1) is 23.7 Å². The van der Waals surface area contributed by atoms with Crippen LogP contribution in [0.3, 0.4) is 0 Å². The first-order valence-corrected chi connectivity index (χ1v) is 9.32. The molecule has 1 amide bonds. The van der Waals surface area contributed by atoms with E-state index in [-0.39, 0.29) is 11.8 Å². The topological polar surface area (TPSA) is 82.1 Å². The number of hydrogen-bond donors (Lipinski definition) is 2. The second kappa shape index (κ2) is 7.12. The van der Waals surface area contributed by atoms with Crippen molar-refractivity contribution in [2.75, 3.05) is 13.1 Å². The maximum absolute atomic E-state index is 12.7. The summed E-state index contributed by atoms with van der Waals surface area (Å²) in [5.74, 6) is 0.0787. The number of aromatic amines is 1. The van der Waals surface area contributed by atoms with Gasteiger partial charge in [-0.15, -0.1) is 0 Å². The van der Waals surface area contributed by atoms with Crippen molar-refractivity contribution in [2.45, 2.75) is 32.8 Å². The Morgan fingerprint density at radius 2 is 2.07 bits per heavy atom. The van der Waals surface area contributed by atoms with Crippen LogP contribution < -0.4 is 0 Å². The molecule has 1 saturated heterocycles. The van der Waals surface area contributed by atoms with E-state index >= 15 is 0 Å². The number of fused-ring (bicyclic) bond motifs is 1. The molecule has 2 atom stereocenters. The number of aryl methyl sites for hydroxylation is 2. The minimum absolute atomic E-state index is 0.0336. The van der Waals surface area contributed by atoms with E-state index in [0.717, 1.165) is 34.3 Å². The lowest BCUT2D eigenvalue weighted by Crippen LogP contribution is -2.31. The summed E-state index contributed by atoms with van der Waals surface area (Å²) in [5.41, 5.74) is 4.88. The molecular weight excluding hydrogens is 340 g/mol. The van der Waals surface area contributed by atoms with Crippen LogP contribution in [0.15, 0.2) is 36.5 Å². The van der Waals surface area contributed by atoms with Crippen LogP contribution in [0.2, 0.25) is 0 Å². The third kappa shape index (κ3) is 3.45. The first kappa shape index (κ1) is 17.7. The molecule has 0 spiro atoms. The number of aromatic nitrogens is 3. The molecule has 4 rings (SSSR count). The van der Waals surface area contributed by atoms with Crippen molar-refractivity contribution in [1.82, 2.24) is 20.1 Å². The predicted octanol–water partition coefficient (Wildman–Crippen LogP) is 2.18. The third-order valence-electron chi connectivity index (χ3n) is 5.59. The summed E-state index contributed by atoms with van der Waals surface area (Å²) in [6.07, 6.45) is 2.36. The number of aliphatic hydroxyl groups is 1. The zero-order valence-corrected chi connectivity index (χ0v) is 15.6. The number of H-pyrrole nitrogens is 1. The van der Waals surface area contributed by atoms with Crippen molar-refractivity contribution in [3.05, 3.63) is 59.0 Å². The van der Waals surface area contributed by atoms with E-state index in [1.54, 1.807) is 4.90 Å². The number of carbonyl (C=O) groups is 1. The molecule has 3 aromatic rings. The van der Waals surface area contributed by atoms with Gasteiger partial charge in [0, 0.05) is 41.8 Å². The van der Waals surface area contributed by atoms with E-state index in [1.165, 1.54) is 5.56 Å². The number of aliphatic hydroxyl groups excluding tert-OH is 1. The Hall–Kier alpha value is -2.73. The van der Waals surface area contributed by atoms with Crippen LogP contribution in [0, 0.1) is 19.8 Å². The lowest BCUT2D eigenvalue weighted by atomic mass is 9.94. The molecule has 1 aliphatic heterocycles. The van der Waals surface area contributed by atoms with Gasteiger partial charge in [-0.25, -0.2) is 0 Å². The van der Waals surface area contributed by atoms with Crippen LogP contribution in [0.1, 0.15) is 22.5 Å². The Morgan fingerprint density at radius 1 is 1.26 bits per heavy atom. The van der Waals surface area contributed by atoms with Gasteiger partial charge in [0.15, 0.2) is 0 Å². The lowest BCUT2D eigenvalue weighted by Gasteiger charge is -2.17. The van der Waals surface area contributed by atoms with Crippen molar-refractivity contribution in [1.29, 1.82) is 0 Å². The minimum Gasteiger partial charge on any atom is -0.391 e. The Kier molecular flexibility index (Phi) is 4.66. The van der Waals surface area contributed by atoms with Crippen LogP contribution >= 0.6 is 0 Å². The second-order valence-electron chi connectivity index (χ2n) is 7.41. The average molecular weight is 364 g/mol. The zero-order chi connectivity index (χ0) is 19.0. The number of β-amino-alcohol motifs (C(OH)–C–C–N with tert-alkyl or cyclic N) is 1. The Balaban J connectivity index is 1.47. The number of amides is 1. The van der Waals surface area contributed by atoms with Crippen LogP contribution in [0.25, 0.3) is 10.9 Å². The molecule has 6 nitrogen and oxygen atoms in total. The molecular formula is C21H24N4O2. The van der Waals surface area contributed by atoms with Crippen molar-refractivity contribution in [2.24, 2.45) is 5.92 Å². The van der Waals surface area contributed by atoms with E-state index in [1.807, 2.05) is 44.3 Å². The van der Waals surface area contributed by atoms with Gasteiger partial charge >= 0.3 is 0 Å². The lowest BCUT2D eigenvalue weighted by molar-refractivity contribution is -0.129. The standard InChI is InChI=1S/C21H24N4O2/c1-13-18(14(2)24-23-13)10-21(27)25-11-16(20(26)12-25)9-15-7-8-22-19-6-4-3-5-17(15)19/h3-8,16,20,26H,9-12H2,1-2H3,(H,23,24)/t16-,20+/m1/s1. The number of nitrogens with zero attached hydrogens (tertiary/aromatic N) is 3. The Bertz CT molecular complexity index is 956. The highest BCUT2D eigenvalue weighted by atomic mass is 16.3. The van der Waals surface area contributed by atoms with Crippen LogP contribution in [0.4, 0.5) is 0 Å². The molecule has 6 heteroatoms. The number of hydrogen-bond acceptors (Lipinski definition) is 4. The van der Waals surface area contributed by atoms with Crippen LogP contribution in [0.5, 0.6) is 0 Å². The summed E-state index contributed by atoms with van der Waals surface area (Å²) in [4.78, 5) is 18.9. The van der Waals surface area contributed by atoms with Gasteiger partial charge in [0.25, 0.3) is 0 Å². The molecule has 1 aromatic carbocycles. The largest absolute Gasteiger partial charge is 0.391 e. The number of para-hydroxylation sites is 1. The quantitative estimate of drug-likeness (QED) is 0.743. The normalized spacial score (nSPS) is 19.7. The molecule has 0 radical (unpaired) electrons. The van der Waals surface area contributed by atoms with Gasteiger partial charge in [0.1, 0.15) is 0 Å². The van der Waals surface area contributed by atoms with E-state index in [4.69, 9.17) is 0 Å². The molecule has 1 fully saturated rings. The molecule has 3 heterocycles. The highest BCUT2D eigenvalue weighted by molar-refractivity contribution is 5.82. The van der Waals surface area contributed by atoms with Gasteiger partial charge in [0.2, 0.25) is 5.91 Å². The first-order chi connectivity index (χ1) is 13.0. The molecule has 0 aliphatic carbocycles. The van der Waals surface area contributed by atoms with Crippen molar-refractivity contribution in [3.63, 3.8) is 0 Å². The molecule has 2 N–H and O–H groups in total. The summed E-state index contributed by atoms with van der Waals surface area (Å²) < 4.78 is 0. The zero-order valence-electron chi connectivity index (χ0n) is 15.6. The number of pyridine rings is 1. The highest BCUT2D eigenvalue weighted by Gasteiger charge is 2.34. The third-order valence-corrected chi connectivity index (χ3v) is 5.59. The second-order valence-corrected chi connectivity index (χ2v) is 7.41. The number of benzene rings is 1. The van der Waals surface area contributed by atoms with Crippen molar-refractivity contribution in [3.8, 4) is 0 Å². The van der Waals surface area contributed by atoms with E-state index in [2.05, 4.69) is 21.2 Å². The van der Waals surface area contributed by atoms with E-state index in [0.29, 0.717) is 19.5 Å². The van der Waals surface area contributed by atoms with Gasteiger partial charge in [-0.1, -0.05) is 18.2 Å². The highest BCUT2D eigenvalue weighted by Crippen LogP contribution is 2.26. The monoisotopic (exact) mass is 364 g/mol. The van der Waals surface area contributed by atoms with E-state index in [9.17, 15) is 9.90 Å². The summed E-state index contributed by atoms with van der Waals surface area (Å²) in [6, 6.07) is 10.0. The number of carbonyl (C=O) groups excluding carboxylic acids is 1. The first-order valence-electron chi connectivity index (χ1n) is 9.32. The summed E-state index contributed by atoms with van der Waals surface area (Å²) in [7, 11) is 0. The molecule has 0 unspecified atom stereocenters. The van der Waals surface area contributed by atoms with Crippen molar-refractivity contribution >= 4 is 16.8 Å². The Labute approximate surface area is 158 Å². The van der Waals surface area contributed by atoms with Crippen LogP contribution in [-0.4, -0.2) is 50.3 Å². The summed E-state index contributed by atoms with van der Waals surface area (Å²) >= 11 is 0. The van der Waals surface area contributed by atoms with Crippen molar-refractivity contribution < 1.29 is 9.90 Å². The van der Waals surface area contributed by atoms with Gasteiger partial charge in [-0.05, 0) is 38.0 Å². The molecule has 0 bridgehead atoms. The summed E-state index contributed by atoms with van der Waals surface area (Å²) in [5, 5.41) is 18.7. The fraction of sp³-hybridized carbons (Fsp3) is 0.381. The minimum atomic E-state index is -0.507. The molecule has 140 valence electrons. The average Bonchev–Trinajstić information content (AvgIpc) is 3.19. The number of rotatable bonds is 4. The van der Waals surface area contributed by atoms with Gasteiger partial charge < -0.3 is 10.0 Å². The SMILES string of the molecule is Cc1n[nH]c(C)c1CC(=O)N1C[C@@H](Cc2ccnc3ccccc23)[C@@H](O)C1.